The Bertz CT molecular complexity index is 1350. The highest BCUT2D eigenvalue weighted by molar-refractivity contribution is 6.30. The number of halogens is 2. The van der Waals surface area contributed by atoms with Gasteiger partial charge in [0, 0.05) is 21.7 Å². The number of ether oxygens (including phenoxy) is 1. The van der Waals surface area contributed by atoms with Crippen LogP contribution in [0.15, 0.2) is 84.7 Å². The Kier molecular flexibility index (Phi) is 4.07. The molecule has 0 fully saturated rings. The fourth-order valence-electron chi connectivity index (χ4n) is 4.36. The minimum absolute atomic E-state index is 0.314. The number of benzene rings is 3. The summed E-state index contributed by atoms with van der Waals surface area (Å²) in [4.78, 5) is 4.36. The van der Waals surface area contributed by atoms with E-state index in [2.05, 4.69) is 15.4 Å². The van der Waals surface area contributed by atoms with Gasteiger partial charge in [-0.15, -0.1) is 0 Å². The number of nitrogens with one attached hydrogen (secondary N) is 1. The second-order valence-electron chi connectivity index (χ2n) is 7.46. The van der Waals surface area contributed by atoms with Crippen LogP contribution in [0.1, 0.15) is 28.8 Å². The van der Waals surface area contributed by atoms with E-state index in [1.165, 1.54) is 12.4 Å². The maximum Gasteiger partial charge on any atom is 0.226 e. The number of rotatable bonds is 2. The Morgan fingerprint density at radius 2 is 1.84 bits per heavy atom. The maximum absolute atomic E-state index is 15.1. The lowest BCUT2D eigenvalue weighted by molar-refractivity contribution is 0.222. The molecule has 3 aromatic carbocycles. The van der Waals surface area contributed by atoms with Crippen molar-refractivity contribution in [2.45, 2.75) is 12.1 Å². The van der Waals surface area contributed by atoms with Crippen LogP contribution in [0.25, 0.3) is 5.70 Å². The second kappa shape index (κ2) is 6.96. The molecular weight excluding hydrogens is 415 g/mol. The van der Waals surface area contributed by atoms with Crippen molar-refractivity contribution in [1.82, 2.24) is 14.8 Å². The number of aromatic nitrogens is 3. The zero-order valence-electron chi connectivity index (χ0n) is 16.2. The summed E-state index contributed by atoms with van der Waals surface area (Å²) < 4.78 is 23.2. The van der Waals surface area contributed by atoms with E-state index in [1.807, 2.05) is 54.6 Å². The molecule has 4 aromatic rings. The standard InChI is InChI=1S/C24H16ClFN4O/c25-15-7-5-6-14(12-15)23-20-21(17-9-2-4-11-19(17)31-23)29-24-27-13-28-30(24)22(20)16-8-1-3-10-18(16)26/h1-13,22-23H,(H,27,28,29)/t22-,23-/m1/s1. The van der Waals surface area contributed by atoms with E-state index >= 15 is 4.39 Å². The normalized spacial score (nSPS) is 19.0. The van der Waals surface area contributed by atoms with Crippen molar-refractivity contribution in [3.8, 4) is 5.75 Å². The van der Waals surface area contributed by atoms with Crippen LogP contribution in [0.5, 0.6) is 5.75 Å². The monoisotopic (exact) mass is 430 g/mol. The molecular formula is C24H16ClFN4O. The average Bonchev–Trinajstić information content (AvgIpc) is 3.26. The molecule has 0 amide bonds. The molecule has 0 bridgehead atoms. The molecule has 0 saturated heterocycles. The summed E-state index contributed by atoms with van der Waals surface area (Å²) in [6.45, 7) is 0. The maximum atomic E-state index is 15.1. The first kappa shape index (κ1) is 18.2. The predicted molar refractivity (Wildman–Crippen MR) is 116 cm³/mol. The van der Waals surface area contributed by atoms with Gasteiger partial charge in [-0.2, -0.15) is 10.1 Å². The van der Waals surface area contributed by atoms with Crippen molar-refractivity contribution in [1.29, 1.82) is 0 Å². The van der Waals surface area contributed by atoms with Gasteiger partial charge in [0.2, 0.25) is 5.95 Å². The second-order valence-corrected chi connectivity index (χ2v) is 7.89. The van der Waals surface area contributed by atoms with E-state index in [0.717, 1.165) is 28.1 Å². The highest BCUT2D eigenvalue weighted by Gasteiger charge is 2.41. The van der Waals surface area contributed by atoms with Gasteiger partial charge in [0.05, 0.1) is 5.70 Å². The lowest BCUT2D eigenvalue weighted by Crippen LogP contribution is -2.32. The molecule has 5 nitrogen and oxygen atoms in total. The number of hydrogen-bond donors (Lipinski definition) is 1. The molecule has 0 aliphatic carbocycles. The largest absolute Gasteiger partial charge is 0.480 e. The molecule has 31 heavy (non-hydrogen) atoms. The Labute approximate surface area is 182 Å². The summed E-state index contributed by atoms with van der Waals surface area (Å²) >= 11 is 6.31. The molecule has 2 aliphatic heterocycles. The van der Waals surface area contributed by atoms with E-state index in [4.69, 9.17) is 16.3 Å². The first-order chi connectivity index (χ1) is 15.2. The van der Waals surface area contributed by atoms with Crippen LogP contribution in [0.2, 0.25) is 5.02 Å². The Balaban J connectivity index is 1.66. The van der Waals surface area contributed by atoms with Crippen molar-refractivity contribution >= 4 is 23.2 Å². The zero-order valence-corrected chi connectivity index (χ0v) is 16.9. The van der Waals surface area contributed by atoms with Crippen molar-refractivity contribution in [2.24, 2.45) is 0 Å². The molecule has 0 saturated carbocycles. The van der Waals surface area contributed by atoms with E-state index in [9.17, 15) is 0 Å². The number of hydrogen-bond acceptors (Lipinski definition) is 4. The molecule has 6 rings (SSSR count). The summed E-state index contributed by atoms with van der Waals surface area (Å²) in [6.07, 6.45) is 0.980. The number of fused-ring (bicyclic) bond motifs is 3. The number of para-hydroxylation sites is 1. The van der Waals surface area contributed by atoms with Crippen molar-refractivity contribution in [2.75, 3.05) is 5.32 Å². The lowest BCUT2D eigenvalue weighted by Gasteiger charge is -2.39. The van der Waals surface area contributed by atoms with E-state index in [0.29, 0.717) is 16.5 Å². The summed E-state index contributed by atoms with van der Waals surface area (Å²) in [5.41, 5.74) is 3.97. The van der Waals surface area contributed by atoms with Gasteiger partial charge >= 0.3 is 0 Å². The highest BCUT2D eigenvalue weighted by atomic mass is 35.5. The quantitative estimate of drug-likeness (QED) is 0.447. The zero-order chi connectivity index (χ0) is 20.9. The minimum atomic E-state index is -0.535. The molecule has 1 aromatic heterocycles. The summed E-state index contributed by atoms with van der Waals surface area (Å²) in [6, 6.07) is 21.5. The van der Waals surface area contributed by atoms with Gasteiger partial charge in [0.15, 0.2) is 0 Å². The van der Waals surface area contributed by atoms with E-state index < -0.39 is 12.1 Å². The molecule has 3 heterocycles. The van der Waals surface area contributed by atoms with Crippen molar-refractivity contribution < 1.29 is 9.13 Å². The Morgan fingerprint density at radius 3 is 2.71 bits per heavy atom. The van der Waals surface area contributed by atoms with Crippen LogP contribution in [0, 0.1) is 5.82 Å². The highest BCUT2D eigenvalue weighted by Crippen LogP contribution is 2.50. The number of nitrogens with zero attached hydrogens (tertiary/aromatic N) is 3. The van der Waals surface area contributed by atoms with Crippen LogP contribution in [-0.2, 0) is 0 Å². The molecule has 0 spiro atoms. The van der Waals surface area contributed by atoms with Crippen LogP contribution in [0.3, 0.4) is 0 Å². The molecule has 152 valence electrons. The van der Waals surface area contributed by atoms with E-state index in [1.54, 1.807) is 16.8 Å². The average molecular weight is 431 g/mol. The van der Waals surface area contributed by atoms with Crippen LogP contribution < -0.4 is 10.1 Å². The lowest BCUT2D eigenvalue weighted by atomic mass is 9.84. The molecule has 0 radical (unpaired) electrons. The third-order valence-corrected chi connectivity index (χ3v) is 5.91. The molecule has 2 aliphatic rings. The third kappa shape index (κ3) is 2.83. The van der Waals surface area contributed by atoms with Crippen LogP contribution in [0.4, 0.5) is 10.3 Å². The summed E-state index contributed by atoms with van der Waals surface area (Å²) in [7, 11) is 0. The Morgan fingerprint density at radius 1 is 1.00 bits per heavy atom. The summed E-state index contributed by atoms with van der Waals surface area (Å²) in [5, 5.41) is 8.42. The van der Waals surface area contributed by atoms with Crippen LogP contribution >= 0.6 is 11.6 Å². The van der Waals surface area contributed by atoms with E-state index in [-0.39, 0.29) is 5.82 Å². The summed E-state index contributed by atoms with van der Waals surface area (Å²) in [5.74, 6) is 0.971. The van der Waals surface area contributed by atoms with Gasteiger partial charge in [-0.1, -0.05) is 54.1 Å². The first-order valence-corrected chi connectivity index (χ1v) is 10.2. The van der Waals surface area contributed by atoms with Gasteiger partial charge in [0.1, 0.15) is 30.0 Å². The van der Waals surface area contributed by atoms with Gasteiger partial charge in [-0.25, -0.2) is 9.07 Å². The molecule has 2 atom stereocenters. The predicted octanol–water partition coefficient (Wildman–Crippen LogP) is 5.63. The Hall–Kier alpha value is -3.64. The van der Waals surface area contributed by atoms with Crippen molar-refractivity contribution in [3.63, 3.8) is 0 Å². The van der Waals surface area contributed by atoms with Gasteiger partial charge < -0.3 is 10.1 Å². The molecule has 7 heteroatoms. The fraction of sp³-hybridized carbons (Fsp3) is 0.0833. The SMILES string of the molecule is Fc1ccccc1[C@@H]1C2=C(Nc3ncnn31)c1ccccc1O[C@@H]2c1cccc(Cl)c1. The smallest absolute Gasteiger partial charge is 0.226 e. The minimum Gasteiger partial charge on any atom is -0.480 e. The van der Waals surface area contributed by atoms with Gasteiger partial charge in [-0.3, -0.25) is 0 Å². The number of anilines is 1. The van der Waals surface area contributed by atoms with Crippen LogP contribution in [-0.4, -0.2) is 14.8 Å². The topological polar surface area (TPSA) is 52.0 Å². The molecule has 1 N–H and O–H groups in total. The third-order valence-electron chi connectivity index (χ3n) is 5.67. The van der Waals surface area contributed by atoms with Gasteiger partial charge in [0.25, 0.3) is 0 Å². The van der Waals surface area contributed by atoms with Crippen molar-refractivity contribution in [3.05, 3.63) is 112 Å². The molecule has 0 unspecified atom stereocenters. The first-order valence-electron chi connectivity index (χ1n) is 9.87. The fourth-order valence-corrected chi connectivity index (χ4v) is 4.56. The van der Waals surface area contributed by atoms with Gasteiger partial charge in [-0.05, 0) is 35.9 Å².